The molecule has 0 radical (unpaired) electrons. The molecular formula is C19H11NO6. The molecule has 1 aliphatic carbocycles. The van der Waals surface area contributed by atoms with Crippen LogP contribution in [0.3, 0.4) is 0 Å². The molecule has 0 fully saturated rings. The Labute approximate surface area is 147 Å². The molecule has 0 bridgehead atoms. The number of benzene rings is 2. The van der Waals surface area contributed by atoms with Crippen molar-refractivity contribution in [2.45, 2.75) is 12.3 Å². The number of ether oxygens (including phenoxy) is 1. The molecule has 4 rings (SSSR count). The van der Waals surface area contributed by atoms with Gasteiger partial charge < -0.3 is 4.74 Å². The number of Topliss-reactive ketones (excluding diaryl/α,β-unsaturated/α-hetero) is 2. The monoisotopic (exact) mass is 349 g/mol. The van der Waals surface area contributed by atoms with Crippen molar-refractivity contribution in [3.05, 3.63) is 86.7 Å². The van der Waals surface area contributed by atoms with Crippen LogP contribution in [0.2, 0.25) is 0 Å². The van der Waals surface area contributed by atoms with Crippen molar-refractivity contribution >= 4 is 23.2 Å². The third-order valence-electron chi connectivity index (χ3n) is 4.56. The van der Waals surface area contributed by atoms with E-state index in [-0.39, 0.29) is 40.1 Å². The van der Waals surface area contributed by atoms with Gasteiger partial charge in [0.25, 0.3) is 5.69 Å². The van der Waals surface area contributed by atoms with Gasteiger partial charge in [0, 0.05) is 28.7 Å². The molecule has 2 aromatic rings. The van der Waals surface area contributed by atoms with Gasteiger partial charge in [-0.1, -0.05) is 42.5 Å². The molecule has 2 aromatic carbocycles. The van der Waals surface area contributed by atoms with Gasteiger partial charge >= 0.3 is 5.97 Å². The number of hydrogen-bond donors (Lipinski definition) is 0. The minimum atomic E-state index is -0.905. The second kappa shape index (κ2) is 5.73. The predicted octanol–water partition coefficient (Wildman–Crippen LogP) is 2.96. The number of para-hydroxylation sites is 1. The molecule has 0 saturated heterocycles. The van der Waals surface area contributed by atoms with E-state index < -0.39 is 28.4 Å². The topological polar surface area (TPSA) is 104 Å². The summed E-state index contributed by atoms with van der Waals surface area (Å²) < 4.78 is 5.08. The van der Waals surface area contributed by atoms with Crippen molar-refractivity contribution in [3.63, 3.8) is 0 Å². The van der Waals surface area contributed by atoms with E-state index in [4.69, 9.17) is 4.74 Å². The molecule has 1 aliphatic heterocycles. The number of carbonyl (C=O) groups excluding carboxylic acids is 3. The van der Waals surface area contributed by atoms with Crippen LogP contribution in [0.1, 0.15) is 38.6 Å². The van der Waals surface area contributed by atoms with E-state index in [1.807, 2.05) is 0 Å². The van der Waals surface area contributed by atoms with Gasteiger partial charge in [-0.05, 0) is 0 Å². The maximum absolute atomic E-state index is 13.0. The molecular weight excluding hydrogens is 338 g/mol. The molecule has 0 amide bonds. The third kappa shape index (κ3) is 2.25. The molecule has 1 heterocycles. The average Bonchev–Trinajstić information content (AvgIpc) is 2.65. The van der Waals surface area contributed by atoms with Crippen LogP contribution in [-0.2, 0) is 9.53 Å². The first-order valence-electron chi connectivity index (χ1n) is 7.85. The molecule has 7 nitrogen and oxygen atoms in total. The zero-order valence-corrected chi connectivity index (χ0v) is 13.3. The summed E-state index contributed by atoms with van der Waals surface area (Å²) in [6.07, 6.45) is -0.245. The standard InChI is InChI=1S/C19H11NO6/c21-15-9-13(10-5-3-4-8-14(10)20(24)25)16-17(22)11-6-1-2-7-12(11)18(23)19(16)26-15/h1-8,13H,9H2. The lowest BCUT2D eigenvalue weighted by Gasteiger charge is -2.29. The zero-order valence-electron chi connectivity index (χ0n) is 13.3. The maximum atomic E-state index is 13.0. The minimum Gasteiger partial charge on any atom is -0.422 e. The van der Waals surface area contributed by atoms with E-state index >= 15 is 0 Å². The Kier molecular flexibility index (Phi) is 3.50. The van der Waals surface area contributed by atoms with Crippen molar-refractivity contribution in [2.24, 2.45) is 0 Å². The van der Waals surface area contributed by atoms with E-state index in [0.717, 1.165) is 0 Å². The van der Waals surface area contributed by atoms with Gasteiger partial charge in [-0.15, -0.1) is 0 Å². The first-order chi connectivity index (χ1) is 12.5. The number of rotatable bonds is 2. The molecule has 7 heteroatoms. The van der Waals surface area contributed by atoms with Gasteiger partial charge in [0.05, 0.1) is 16.9 Å². The van der Waals surface area contributed by atoms with Gasteiger partial charge in [-0.25, -0.2) is 0 Å². The molecule has 0 spiro atoms. The number of fused-ring (bicyclic) bond motifs is 1. The lowest BCUT2D eigenvalue weighted by Crippen LogP contribution is -2.33. The van der Waals surface area contributed by atoms with Gasteiger partial charge in [0.15, 0.2) is 11.5 Å². The Bertz CT molecular complexity index is 1040. The molecule has 0 saturated carbocycles. The highest BCUT2D eigenvalue weighted by Crippen LogP contribution is 2.43. The highest BCUT2D eigenvalue weighted by Gasteiger charge is 2.44. The second-order valence-electron chi connectivity index (χ2n) is 5.99. The lowest BCUT2D eigenvalue weighted by molar-refractivity contribution is -0.385. The summed E-state index contributed by atoms with van der Waals surface area (Å²) in [7, 11) is 0. The van der Waals surface area contributed by atoms with Crippen LogP contribution in [0.15, 0.2) is 59.9 Å². The second-order valence-corrected chi connectivity index (χ2v) is 5.99. The molecule has 1 unspecified atom stereocenters. The Morgan fingerprint density at radius 2 is 1.54 bits per heavy atom. The Balaban J connectivity index is 1.95. The van der Waals surface area contributed by atoms with Crippen LogP contribution in [0.4, 0.5) is 5.69 Å². The maximum Gasteiger partial charge on any atom is 0.312 e. The van der Waals surface area contributed by atoms with Crippen LogP contribution >= 0.6 is 0 Å². The number of esters is 1. The van der Waals surface area contributed by atoms with E-state index in [1.165, 1.54) is 30.3 Å². The minimum absolute atomic E-state index is 0.00241. The SMILES string of the molecule is O=C1CC(c2ccccc2[N+](=O)[O-])C2=C(O1)C(=O)c1ccccc1C2=O. The van der Waals surface area contributed by atoms with E-state index in [9.17, 15) is 24.5 Å². The fourth-order valence-corrected chi connectivity index (χ4v) is 3.43. The average molecular weight is 349 g/mol. The number of nitro groups is 1. The van der Waals surface area contributed by atoms with Gasteiger partial charge in [0.2, 0.25) is 5.78 Å². The van der Waals surface area contributed by atoms with Crippen molar-refractivity contribution in [3.8, 4) is 0 Å². The quantitative estimate of drug-likeness (QED) is 0.469. The highest BCUT2D eigenvalue weighted by molar-refractivity contribution is 6.27. The Morgan fingerprint density at radius 3 is 2.23 bits per heavy atom. The Morgan fingerprint density at radius 1 is 0.923 bits per heavy atom. The summed E-state index contributed by atoms with van der Waals surface area (Å²) in [4.78, 5) is 48.6. The van der Waals surface area contributed by atoms with Crippen LogP contribution < -0.4 is 0 Å². The molecule has 26 heavy (non-hydrogen) atoms. The number of carbonyl (C=O) groups is 3. The molecule has 2 aliphatic rings. The van der Waals surface area contributed by atoms with Crippen LogP contribution in [0.25, 0.3) is 0 Å². The number of allylic oxidation sites excluding steroid dienone is 2. The predicted molar refractivity (Wildman–Crippen MR) is 88.7 cm³/mol. The van der Waals surface area contributed by atoms with Crippen LogP contribution in [-0.4, -0.2) is 22.5 Å². The van der Waals surface area contributed by atoms with E-state index in [2.05, 4.69) is 0 Å². The summed E-state index contributed by atoms with van der Waals surface area (Å²) >= 11 is 0. The molecule has 128 valence electrons. The third-order valence-corrected chi connectivity index (χ3v) is 4.56. The highest BCUT2D eigenvalue weighted by atomic mass is 16.6. The number of nitrogens with zero attached hydrogens (tertiary/aromatic N) is 1. The van der Waals surface area contributed by atoms with Gasteiger partial charge in [-0.2, -0.15) is 0 Å². The number of hydrogen-bond acceptors (Lipinski definition) is 6. The van der Waals surface area contributed by atoms with Gasteiger partial charge in [-0.3, -0.25) is 24.5 Å². The van der Waals surface area contributed by atoms with Crippen molar-refractivity contribution in [1.82, 2.24) is 0 Å². The number of ketones is 2. The summed E-state index contributed by atoms with van der Waals surface area (Å²) in [5.41, 5.74) is 0.369. The van der Waals surface area contributed by atoms with E-state index in [1.54, 1.807) is 18.2 Å². The summed E-state index contributed by atoms with van der Waals surface area (Å²) in [6.45, 7) is 0. The summed E-state index contributed by atoms with van der Waals surface area (Å²) in [5, 5.41) is 11.4. The first kappa shape index (κ1) is 15.9. The fourth-order valence-electron chi connectivity index (χ4n) is 3.43. The number of nitro benzene ring substituents is 1. The normalized spacial score (nSPS) is 18.9. The van der Waals surface area contributed by atoms with Crippen LogP contribution in [0, 0.1) is 10.1 Å². The van der Waals surface area contributed by atoms with E-state index in [0.29, 0.717) is 0 Å². The van der Waals surface area contributed by atoms with Crippen molar-refractivity contribution in [1.29, 1.82) is 0 Å². The molecule has 1 atom stereocenters. The lowest BCUT2D eigenvalue weighted by atomic mass is 9.76. The summed E-state index contributed by atoms with van der Waals surface area (Å²) in [5.74, 6) is -2.95. The van der Waals surface area contributed by atoms with Crippen molar-refractivity contribution in [2.75, 3.05) is 0 Å². The van der Waals surface area contributed by atoms with Gasteiger partial charge in [0.1, 0.15) is 0 Å². The van der Waals surface area contributed by atoms with Crippen LogP contribution in [0.5, 0.6) is 0 Å². The summed E-state index contributed by atoms with van der Waals surface area (Å²) in [6, 6.07) is 12.1. The molecule has 0 N–H and O–H groups in total. The first-order valence-corrected chi connectivity index (χ1v) is 7.85. The smallest absolute Gasteiger partial charge is 0.312 e. The molecule has 0 aromatic heterocycles. The largest absolute Gasteiger partial charge is 0.422 e. The van der Waals surface area contributed by atoms with Crippen molar-refractivity contribution < 1.29 is 24.0 Å². The zero-order chi connectivity index (χ0) is 18.4. The fraction of sp³-hybridized carbons (Fsp3) is 0.105. The Hall–Kier alpha value is -3.61.